The van der Waals surface area contributed by atoms with Crippen molar-refractivity contribution >= 4 is 66.5 Å². The quantitative estimate of drug-likeness (QED) is 0.129. The summed E-state index contributed by atoms with van der Waals surface area (Å²) in [5, 5.41) is 4.36. The van der Waals surface area contributed by atoms with Crippen molar-refractivity contribution in [3.05, 3.63) is 243 Å². The fraction of sp³-hybridized carbons (Fsp3) is 0. The van der Waals surface area contributed by atoms with E-state index >= 15 is 0 Å². The van der Waals surface area contributed by atoms with Gasteiger partial charge in [-0.1, -0.05) is 165 Å². The Morgan fingerprint density at radius 2 is 0.937 bits per heavy atom. The predicted molar refractivity (Wildman–Crippen MR) is 266 cm³/mol. The summed E-state index contributed by atoms with van der Waals surface area (Å²) < 4.78 is 12.9. The second-order valence-electron chi connectivity index (χ2n) is 15.8. The van der Waals surface area contributed by atoms with Gasteiger partial charge in [0.1, 0.15) is 22.3 Å². The van der Waals surface area contributed by atoms with Crippen molar-refractivity contribution in [1.82, 2.24) is 0 Å². The fourth-order valence-electron chi connectivity index (χ4n) is 8.94. The van der Waals surface area contributed by atoms with E-state index in [-0.39, 0.29) is 0 Å². The second kappa shape index (κ2) is 15.9. The molecule has 0 aliphatic heterocycles. The molecule has 0 saturated heterocycles. The first-order valence-electron chi connectivity index (χ1n) is 21.2. The Kier molecular flexibility index (Phi) is 9.48. The molecule has 0 fully saturated rings. The molecule has 0 unspecified atom stereocenters. The fourth-order valence-corrected chi connectivity index (χ4v) is 8.94. The number of nitrogens with zero attached hydrogens (tertiary/aromatic N) is 1. The Hall–Kier alpha value is -8.40. The molecule has 0 radical (unpaired) electrons. The first-order chi connectivity index (χ1) is 31.1. The van der Waals surface area contributed by atoms with Gasteiger partial charge in [-0.15, -0.1) is 0 Å². The molecule has 0 bridgehead atoms. The summed E-state index contributed by atoms with van der Waals surface area (Å²) in [6, 6.07) is 73.1. The molecule has 0 aliphatic rings. The summed E-state index contributed by atoms with van der Waals surface area (Å²) in [5.74, 6) is 0. The molecule has 0 aliphatic carbocycles. The molecule has 3 heteroatoms. The Balaban J connectivity index is 1.18. The van der Waals surface area contributed by atoms with Gasteiger partial charge < -0.3 is 13.7 Å². The highest BCUT2D eigenvalue weighted by Crippen LogP contribution is 2.45. The molecule has 11 rings (SSSR count). The largest absolute Gasteiger partial charge is 0.456 e. The smallest absolute Gasteiger partial charge is 0.143 e. The molecule has 0 amide bonds. The van der Waals surface area contributed by atoms with Crippen LogP contribution in [0.1, 0.15) is 5.56 Å². The van der Waals surface area contributed by atoms with Crippen molar-refractivity contribution in [2.45, 2.75) is 0 Å². The van der Waals surface area contributed by atoms with Crippen LogP contribution in [0.2, 0.25) is 0 Å². The zero-order valence-corrected chi connectivity index (χ0v) is 34.5. The number of allylic oxidation sites excluding steroid dienone is 4. The SMILES string of the molecule is C=C/C=C(\C=C)c1cc(-c2ccc3oc4ccccc4c3c2)cc(N(c2ccc(-c3ccccc3)cc2)c2cc(-c3ccccc3)cc(-c3cccc4c3oc3ccccc34)c2)c1. The molecular weight excluding hydrogens is 767 g/mol. The molecule has 298 valence electrons. The van der Waals surface area contributed by atoms with Crippen molar-refractivity contribution in [2.24, 2.45) is 0 Å². The van der Waals surface area contributed by atoms with Crippen LogP contribution < -0.4 is 4.90 Å². The molecule has 0 N–H and O–H groups in total. The van der Waals surface area contributed by atoms with E-state index in [1.54, 1.807) is 0 Å². The summed E-state index contributed by atoms with van der Waals surface area (Å²) >= 11 is 0. The normalized spacial score (nSPS) is 11.7. The number of anilines is 3. The lowest BCUT2D eigenvalue weighted by atomic mass is 9.94. The summed E-state index contributed by atoms with van der Waals surface area (Å²) in [4.78, 5) is 2.37. The van der Waals surface area contributed by atoms with E-state index in [4.69, 9.17) is 8.83 Å². The monoisotopic (exact) mass is 807 g/mol. The number of benzene rings is 9. The van der Waals surface area contributed by atoms with E-state index in [1.165, 1.54) is 5.56 Å². The third-order valence-electron chi connectivity index (χ3n) is 12.0. The molecule has 3 nitrogen and oxygen atoms in total. The van der Waals surface area contributed by atoms with E-state index < -0.39 is 0 Å². The maximum atomic E-state index is 6.66. The molecule has 0 saturated carbocycles. The van der Waals surface area contributed by atoms with Gasteiger partial charge in [0, 0.05) is 44.2 Å². The van der Waals surface area contributed by atoms with Crippen LogP contribution in [0.3, 0.4) is 0 Å². The molecule has 63 heavy (non-hydrogen) atoms. The zero-order valence-electron chi connectivity index (χ0n) is 34.5. The van der Waals surface area contributed by atoms with Gasteiger partial charge in [-0.2, -0.15) is 0 Å². The average molecular weight is 808 g/mol. The molecular formula is C60H41NO2. The van der Waals surface area contributed by atoms with Gasteiger partial charge in [0.25, 0.3) is 0 Å². The molecule has 2 aromatic heterocycles. The van der Waals surface area contributed by atoms with E-state index in [9.17, 15) is 0 Å². The minimum Gasteiger partial charge on any atom is -0.456 e. The third kappa shape index (κ3) is 6.92. The Morgan fingerprint density at radius 3 is 1.65 bits per heavy atom. The first-order valence-corrected chi connectivity index (χ1v) is 21.2. The van der Waals surface area contributed by atoms with Gasteiger partial charge in [-0.25, -0.2) is 0 Å². The van der Waals surface area contributed by atoms with Gasteiger partial charge in [0.05, 0.1) is 0 Å². The van der Waals surface area contributed by atoms with Gasteiger partial charge in [-0.3, -0.25) is 0 Å². The maximum Gasteiger partial charge on any atom is 0.143 e. The topological polar surface area (TPSA) is 29.5 Å². The molecule has 2 heterocycles. The van der Waals surface area contributed by atoms with Crippen molar-refractivity contribution in [3.63, 3.8) is 0 Å². The third-order valence-corrected chi connectivity index (χ3v) is 12.0. The molecule has 0 atom stereocenters. The van der Waals surface area contributed by atoms with Crippen molar-refractivity contribution in [1.29, 1.82) is 0 Å². The Bertz CT molecular complexity index is 3530. The van der Waals surface area contributed by atoms with Crippen LogP contribution in [0.4, 0.5) is 17.1 Å². The molecule has 9 aromatic carbocycles. The zero-order chi connectivity index (χ0) is 42.3. The van der Waals surface area contributed by atoms with Crippen LogP contribution in [0.5, 0.6) is 0 Å². The Labute approximate surface area is 366 Å². The van der Waals surface area contributed by atoms with Crippen molar-refractivity contribution in [3.8, 4) is 44.5 Å². The second-order valence-corrected chi connectivity index (χ2v) is 15.8. The van der Waals surface area contributed by atoms with Crippen molar-refractivity contribution in [2.75, 3.05) is 4.90 Å². The summed E-state index contributed by atoms with van der Waals surface area (Å²) in [6.45, 7) is 8.29. The van der Waals surface area contributed by atoms with Crippen molar-refractivity contribution < 1.29 is 8.83 Å². The number of furan rings is 2. The number of hydrogen-bond acceptors (Lipinski definition) is 3. The van der Waals surface area contributed by atoms with E-state index in [2.05, 4.69) is 200 Å². The maximum absolute atomic E-state index is 6.66. The van der Waals surface area contributed by atoms with Gasteiger partial charge in [-0.05, 0) is 123 Å². The highest BCUT2D eigenvalue weighted by molar-refractivity contribution is 6.10. The Morgan fingerprint density at radius 1 is 0.381 bits per heavy atom. The van der Waals surface area contributed by atoms with Crippen LogP contribution >= 0.6 is 0 Å². The van der Waals surface area contributed by atoms with Crippen LogP contribution in [-0.4, -0.2) is 0 Å². The van der Waals surface area contributed by atoms with Crippen LogP contribution in [0.25, 0.3) is 94.0 Å². The van der Waals surface area contributed by atoms with Gasteiger partial charge in [0.15, 0.2) is 0 Å². The number of para-hydroxylation sites is 3. The van der Waals surface area contributed by atoms with Gasteiger partial charge in [0.2, 0.25) is 0 Å². The lowest BCUT2D eigenvalue weighted by molar-refractivity contribution is 0.669. The summed E-state index contributed by atoms with van der Waals surface area (Å²) in [7, 11) is 0. The van der Waals surface area contributed by atoms with Crippen LogP contribution in [0.15, 0.2) is 246 Å². The van der Waals surface area contributed by atoms with Crippen LogP contribution in [-0.2, 0) is 0 Å². The summed E-state index contributed by atoms with van der Waals surface area (Å²) in [5.41, 5.74) is 17.2. The highest BCUT2D eigenvalue weighted by atomic mass is 16.3. The molecule has 0 spiro atoms. The van der Waals surface area contributed by atoms with Crippen LogP contribution in [0, 0.1) is 0 Å². The lowest BCUT2D eigenvalue weighted by Gasteiger charge is -2.28. The highest BCUT2D eigenvalue weighted by Gasteiger charge is 2.21. The van der Waals surface area contributed by atoms with Gasteiger partial charge >= 0.3 is 0 Å². The number of fused-ring (bicyclic) bond motifs is 6. The van der Waals surface area contributed by atoms with E-state index in [0.717, 1.165) is 111 Å². The minimum atomic E-state index is 0.861. The average Bonchev–Trinajstić information content (AvgIpc) is 3.92. The lowest BCUT2D eigenvalue weighted by Crippen LogP contribution is -2.11. The van der Waals surface area contributed by atoms with E-state index in [0.29, 0.717) is 0 Å². The summed E-state index contributed by atoms with van der Waals surface area (Å²) in [6.07, 6.45) is 5.74. The molecule has 11 aromatic rings. The number of hydrogen-bond donors (Lipinski definition) is 0. The first kappa shape index (κ1) is 37.6. The minimum absolute atomic E-state index is 0.861. The van der Waals surface area contributed by atoms with E-state index in [1.807, 2.05) is 42.5 Å². The number of rotatable bonds is 10. The predicted octanol–water partition coefficient (Wildman–Crippen LogP) is 17.4. The standard InChI is InChI=1S/C60H41NO2/c1-3-16-40(4-2)45-33-47(44-29-32-59-56(39-44)54-22-12-13-25-57(54)62-59)37-50(35-45)61(49-30-27-43(28-31-49)41-17-7-5-8-18-41)51-36-46(42-19-9-6-10-20-42)34-48(38-51)52-23-15-24-55-53-21-11-14-26-58(53)63-60(52)55/h3-39H,1-2H2/b40-16+.